The van der Waals surface area contributed by atoms with Crippen molar-refractivity contribution in [3.63, 3.8) is 0 Å². The lowest BCUT2D eigenvalue weighted by Crippen LogP contribution is -2.42. The summed E-state index contributed by atoms with van der Waals surface area (Å²) >= 11 is 1.24. The molecule has 1 aromatic heterocycles. The number of nitrogens with one attached hydrogen (secondary N) is 1. The third-order valence-corrected chi connectivity index (χ3v) is 5.22. The zero-order valence-corrected chi connectivity index (χ0v) is 14.2. The number of morpholine rings is 1. The van der Waals surface area contributed by atoms with Gasteiger partial charge in [-0.15, -0.1) is 11.3 Å². The van der Waals surface area contributed by atoms with E-state index in [2.05, 4.69) is 10.2 Å². The van der Waals surface area contributed by atoms with Crippen LogP contribution in [0.1, 0.15) is 21.7 Å². The Balaban J connectivity index is 1.47. The number of likely N-dealkylation sites (tertiary alicyclic amines) is 1. The Kier molecular flexibility index (Phi) is 5.45. The van der Waals surface area contributed by atoms with Crippen LogP contribution in [0.15, 0.2) is 11.4 Å². The molecule has 7 nitrogen and oxygen atoms in total. The van der Waals surface area contributed by atoms with E-state index in [0.717, 1.165) is 32.8 Å². The SMILES string of the molecule is N#Cc1csc(C(=O)N[C@H]2CC(=O)N(CCN3CCOCC3)C2)c1. The van der Waals surface area contributed by atoms with Crippen LogP contribution in [0.3, 0.4) is 0 Å². The van der Waals surface area contributed by atoms with E-state index >= 15 is 0 Å². The van der Waals surface area contributed by atoms with Crippen LogP contribution >= 0.6 is 11.3 Å². The van der Waals surface area contributed by atoms with Crippen molar-refractivity contribution in [3.05, 3.63) is 21.9 Å². The number of carbonyl (C=O) groups is 2. The quantitative estimate of drug-likeness (QED) is 0.826. The Labute approximate surface area is 144 Å². The average Bonchev–Trinajstić information content (AvgIpc) is 3.20. The lowest BCUT2D eigenvalue weighted by atomic mass is 10.2. The van der Waals surface area contributed by atoms with E-state index in [1.54, 1.807) is 11.4 Å². The molecule has 2 amide bonds. The second kappa shape index (κ2) is 7.75. The van der Waals surface area contributed by atoms with Crippen LogP contribution in [0.25, 0.3) is 0 Å². The maximum absolute atomic E-state index is 12.2. The molecule has 2 saturated heterocycles. The largest absolute Gasteiger partial charge is 0.379 e. The first kappa shape index (κ1) is 16.9. The number of carbonyl (C=O) groups excluding carboxylic acids is 2. The van der Waals surface area contributed by atoms with Crippen molar-refractivity contribution in [2.75, 3.05) is 45.9 Å². The van der Waals surface area contributed by atoms with Gasteiger partial charge in [-0.3, -0.25) is 14.5 Å². The smallest absolute Gasteiger partial charge is 0.261 e. The molecule has 8 heteroatoms. The fourth-order valence-electron chi connectivity index (χ4n) is 2.94. The van der Waals surface area contributed by atoms with Gasteiger partial charge in [0.25, 0.3) is 5.91 Å². The first-order chi connectivity index (χ1) is 11.7. The molecule has 2 fully saturated rings. The molecule has 3 heterocycles. The molecule has 0 spiro atoms. The van der Waals surface area contributed by atoms with Crippen molar-refractivity contribution in [1.82, 2.24) is 15.1 Å². The van der Waals surface area contributed by atoms with Crippen molar-refractivity contribution in [1.29, 1.82) is 5.26 Å². The van der Waals surface area contributed by atoms with Gasteiger partial charge in [0.2, 0.25) is 5.91 Å². The molecular formula is C16H20N4O3S. The van der Waals surface area contributed by atoms with Crippen LogP contribution in [0.5, 0.6) is 0 Å². The molecule has 0 unspecified atom stereocenters. The van der Waals surface area contributed by atoms with Gasteiger partial charge in [-0.25, -0.2) is 0 Å². The molecule has 0 radical (unpaired) electrons. The van der Waals surface area contributed by atoms with Crippen LogP contribution in [0.2, 0.25) is 0 Å². The highest BCUT2D eigenvalue weighted by Crippen LogP contribution is 2.16. The standard InChI is InChI=1S/C16H20N4O3S/c17-9-12-7-14(24-11-12)16(22)18-13-8-15(21)20(10-13)2-1-19-3-5-23-6-4-19/h7,11,13H,1-6,8,10H2,(H,18,22)/t13-/m0/s1. The summed E-state index contributed by atoms with van der Waals surface area (Å²) in [5.41, 5.74) is 0.486. The van der Waals surface area contributed by atoms with Crippen LogP contribution in [0, 0.1) is 11.3 Å². The summed E-state index contributed by atoms with van der Waals surface area (Å²) in [5.74, 6) is -0.133. The Morgan fingerprint density at radius 3 is 2.92 bits per heavy atom. The van der Waals surface area contributed by atoms with Gasteiger partial charge in [0, 0.05) is 44.5 Å². The lowest BCUT2D eigenvalue weighted by molar-refractivity contribution is -0.128. The summed E-state index contributed by atoms with van der Waals surface area (Å²) in [7, 11) is 0. The van der Waals surface area contributed by atoms with Crippen molar-refractivity contribution >= 4 is 23.2 Å². The summed E-state index contributed by atoms with van der Waals surface area (Å²) in [6.07, 6.45) is 0.339. The maximum atomic E-state index is 12.2. The summed E-state index contributed by atoms with van der Waals surface area (Å²) in [5, 5.41) is 13.4. The van der Waals surface area contributed by atoms with Gasteiger partial charge in [0.05, 0.1) is 29.7 Å². The van der Waals surface area contributed by atoms with E-state index < -0.39 is 0 Å². The normalized spacial score (nSPS) is 21.7. The van der Waals surface area contributed by atoms with E-state index in [9.17, 15) is 9.59 Å². The number of hydrogen-bond acceptors (Lipinski definition) is 6. The van der Waals surface area contributed by atoms with Crippen molar-refractivity contribution in [2.24, 2.45) is 0 Å². The Morgan fingerprint density at radius 1 is 1.42 bits per heavy atom. The number of amides is 2. The highest BCUT2D eigenvalue weighted by Gasteiger charge is 2.31. The second-order valence-electron chi connectivity index (χ2n) is 5.98. The maximum Gasteiger partial charge on any atom is 0.261 e. The lowest BCUT2D eigenvalue weighted by Gasteiger charge is -2.28. The van der Waals surface area contributed by atoms with Crippen molar-refractivity contribution in [3.8, 4) is 6.07 Å². The minimum absolute atomic E-state index is 0.0810. The van der Waals surface area contributed by atoms with Crippen molar-refractivity contribution < 1.29 is 14.3 Å². The molecule has 128 valence electrons. The molecule has 0 saturated carbocycles. The van der Waals surface area contributed by atoms with Crippen LogP contribution < -0.4 is 5.32 Å². The number of ether oxygens (including phenoxy) is 1. The van der Waals surface area contributed by atoms with Gasteiger partial charge in [0.1, 0.15) is 6.07 Å². The minimum Gasteiger partial charge on any atom is -0.379 e. The predicted octanol–water partition coefficient (Wildman–Crippen LogP) is 0.283. The number of thiophene rings is 1. The Morgan fingerprint density at radius 2 is 2.21 bits per heavy atom. The summed E-state index contributed by atoms with van der Waals surface area (Å²) < 4.78 is 5.32. The second-order valence-corrected chi connectivity index (χ2v) is 6.89. The third kappa shape index (κ3) is 4.12. The first-order valence-electron chi connectivity index (χ1n) is 8.03. The van der Waals surface area contributed by atoms with Crippen LogP contribution in [-0.2, 0) is 9.53 Å². The van der Waals surface area contributed by atoms with Crippen LogP contribution in [-0.4, -0.2) is 73.6 Å². The number of hydrogen-bond donors (Lipinski definition) is 1. The molecule has 1 aromatic rings. The van der Waals surface area contributed by atoms with Crippen LogP contribution in [0.4, 0.5) is 0 Å². The molecular weight excluding hydrogens is 328 g/mol. The zero-order valence-electron chi connectivity index (χ0n) is 13.4. The topological polar surface area (TPSA) is 85.7 Å². The van der Waals surface area contributed by atoms with Crippen molar-refractivity contribution in [2.45, 2.75) is 12.5 Å². The number of nitrogens with zero attached hydrogens (tertiary/aromatic N) is 3. The van der Waals surface area contributed by atoms with E-state index in [1.165, 1.54) is 11.3 Å². The monoisotopic (exact) mass is 348 g/mol. The van der Waals surface area contributed by atoms with E-state index in [1.807, 2.05) is 11.0 Å². The zero-order chi connectivity index (χ0) is 16.9. The molecule has 1 N–H and O–H groups in total. The van der Waals surface area contributed by atoms with Gasteiger partial charge in [-0.05, 0) is 6.07 Å². The van der Waals surface area contributed by atoms with Gasteiger partial charge in [0.15, 0.2) is 0 Å². The molecule has 0 aromatic carbocycles. The Bertz CT molecular complexity index is 648. The fraction of sp³-hybridized carbons (Fsp3) is 0.562. The molecule has 0 aliphatic carbocycles. The minimum atomic E-state index is -0.214. The van der Waals surface area contributed by atoms with Gasteiger partial charge in [-0.1, -0.05) is 0 Å². The summed E-state index contributed by atoms with van der Waals surface area (Å²) in [4.78, 5) is 28.9. The highest BCUT2D eigenvalue weighted by atomic mass is 32.1. The van der Waals surface area contributed by atoms with Gasteiger partial charge < -0.3 is 15.0 Å². The molecule has 1 atom stereocenters. The molecule has 0 bridgehead atoms. The van der Waals surface area contributed by atoms with E-state index in [-0.39, 0.29) is 17.9 Å². The van der Waals surface area contributed by atoms with Gasteiger partial charge in [-0.2, -0.15) is 5.26 Å². The number of nitriles is 1. The Hall–Kier alpha value is -1.95. The number of rotatable bonds is 5. The summed E-state index contributed by atoms with van der Waals surface area (Å²) in [6.45, 7) is 5.38. The highest BCUT2D eigenvalue weighted by molar-refractivity contribution is 7.12. The molecule has 2 aliphatic rings. The fourth-order valence-corrected chi connectivity index (χ4v) is 3.68. The van der Waals surface area contributed by atoms with Gasteiger partial charge >= 0.3 is 0 Å². The first-order valence-corrected chi connectivity index (χ1v) is 8.91. The predicted molar refractivity (Wildman–Crippen MR) is 88.7 cm³/mol. The molecule has 2 aliphatic heterocycles. The average molecular weight is 348 g/mol. The van der Waals surface area contributed by atoms with E-state index in [0.29, 0.717) is 30.0 Å². The third-order valence-electron chi connectivity index (χ3n) is 4.29. The molecule has 3 rings (SSSR count). The van der Waals surface area contributed by atoms with E-state index in [4.69, 9.17) is 10.00 Å². The molecule has 24 heavy (non-hydrogen) atoms. The summed E-state index contributed by atoms with van der Waals surface area (Å²) in [6, 6.07) is 3.42.